The molecule has 0 saturated carbocycles. The number of likely N-dealkylation sites (N-methyl/N-ethyl adjacent to an activating group) is 2. The number of alkyl carbamates (subject to hydrolysis) is 1. The highest BCUT2D eigenvalue weighted by atomic mass is 16.6. The minimum absolute atomic E-state index is 0.00574. The molecule has 1 unspecified atom stereocenters. The van der Waals surface area contributed by atoms with E-state index in [9.17, 15) is 24.0 Å². The number of hydrogen-bond donors (Lipinski definition) is 2. The van der Waals surface area contributed by atoms with Crippen LogP contribution in [0.5, 0.6) is 0 Å². The fraction of sp³-hybridized carbons (Fsp3) is 0.475. The van der Waals surface area contributed by atoms with Crippen LogP contribution in [-0.2, 0) is 46.2 Å². The van der Waals surface area contributed by atoms with Crippen molar-refractivity contribution in [3.63, 3.8) is 0 Å². The molecular formula is C40H54N4O8. The Hall–Kier alpha value is -4.97. The van der Waals surface area contributed by atoms with Crippen molar-refractivity contribution in [3.8, 4) is 0 Å². The molecule has 0 spiro atoms. The van der Waals surface area contributed by atoms with E-state index in [1.807, 2.05) is 72.8 Å². The van der Waals surface area contributed by atoms with Gasteiger partial charge in [-0.05, 0) is 62.9 Å². The molecule has 282 valence electrons. The molecule has 0 aliphatic heterocycles. The summed E-state index contributed by atoms with van der Waals surface area (Å²) in [7, 11) is 3.12. The van der Waals surface area contributed by atoms with Crippen LogP contribution in [0.1, 0.15) is 59.1 Å². The zero-order chi connectivity index (χ0) is 38.5. The van der Waals surface area contributed by atoms with Crippen molar-refractivity contribution in [3.05, 3.63) is 83.9 Å². The molecule has 0 fully saturated rings. The van der Waals surface area contributed by atoms with Crippen LogP contribution in [0.15, 0.2) is 72.8 Å². The number of rotatable bonds is 17. The molecule has 0 aliphatic carbocycles. The van der Waals surface area contributed by atoms with Gasteiger partial charge in [-0.1, -0.05) is 72.8 Å². The van der Waals surface area contributed by atoms with Crippen molar-refractivity contribution in [1.82, 2.24) is 20.4 Å². The van der Waals surface area contributed by atoms with Gasteiger partial charge in [0.1, 0.15) is 24.3 Å². The lowest BCUT2D eigenvalue weighted by Gasteiger charge is -2.35. The van der Waals surface area contributed by atoms with Crippen LogP contribution < -0.4 is 10.6 Å². The fourth-order valence-corrected chi connectivity index (χ4v) is 5.51. The molecule has 3 rings (SSSR count). The molecule has 2 atom stereocenters. The lowest BCUT2D eigenvalue weighted by molar-refractivity contribution is -0.149. The second-order valence-electron chi connectivity index (χ2n) is 14.5. The number of nitrogens with one attached hydrogen (secondary N) is 2. The number of fused-ring (bicyclic) bond motifs is 1. The Morgan fingerprint density at radius 1 is 0.769 bits per heavy atom. The third-order valence-electron chi connectivity index (χ3n) is 8.23. The van der Waals surface area contributed by atoms with E-state index in [0.717, 1.165) is 21.9 Å². The second-order valence-corrected chi connectivity index (χ2v) is 14.5. The maximum absolute atomic E-state index is 14.5. The molecule has 2 N–H and O–H groups in total. The standard InChI is InChI=1S/C40H54N4O8/c1-28(45)51-22-14-21-41-36(47)33(24-29-15-10-9-11-16-29)44(8)37(48)34(25-30-19-20-31-17-12-13-18-32(31)23-30)43(7)35(46)26-50-27-40(5,6)42-38(49)52-39(2,3)4/h9-13,15-20,23,33-34H,14,21-22,24-27H2,1-8H3,(H,41,47)(H,42,49)/t33?,34-/m1/s1. The number of hydrogen-bond acceptors (Lipinski definition) is 8. The summed E-state index contributed by atoms with van der Waals surface area (Å²) in [6.45, 7) is 10.2. The first-order chi connectivity index (χ1) is 24.5. The first-order valence-corrected chi connectivity index (χ1v) is 17.5. The normalized spacial score (nSPS) is 12.7. The second kappa shape index (κ2) is 19.0. The SMILES string of the molecule is CC(=O)OCCCNC(=O)C(Cc1ccccc1)N(C)C(=O)[C@@H](Cc1ccc2ccccc2c1)N(C)C(=O)COCC(C)(C)NC(=O)OC(C)(C)C. The summed E-state index contributed by atoms with van der Waals surface area (Å²) in [5.74, 6) is -1.65. The molecule has 52 heavy (non-hydrogen) atoms. The summed E-state index contributed by atoms with van der Waals surface area (Å²) in [4.78, 5) is 68.1. The van der Waals surface area contributed by atoms with Crippen LogP contribution in [0.25, 0.3) is 10.8 Å². The molecule has 0 saturated heterocycles. The summed E-state index contributed by atoms with van der Waals surface area (Å²) in [5, 5.41) is 7.67. The number of ether oxygens (including phenoxy) is 3. The number of carbonyl (C=O) groups excluding carboxylic acids is 5. The van der Waals surface area contributed by atoms with Gasteiger partial charge in [0, 0.05) is 40.4 Å². The van der Waals surface area contributed by atoms with Crippen LogP contribution in [-0.4, -0.2) is 103 Å². The minimum Gasteiger partial charge on any atom is -0.466 e. The first kappa shape index (κ1) is 41.5. The highest BCUT2D eigenvalue weighted by Gasteiger charge is 2.35. The Morgan fingerprint density at radius 3 is 2.06 bits per heavy atom. The molecule has 12 heteroatoms. The van der Waals surface area contributed by atoms with Crippen LogP contribution in [0.2, 0.25) is 0 Å². The number of esters is 1. The predicted octanol–water partition coefficient (Wildman–Crippen LogP) is 4.67. The number of nitrogens with zero attached hydrogens (tertiary/aromatic N) is 2. The zero-order valence-electron chi connectivity index (χ0n) is 31.7. The Morgan fingerprint density at radius 2 is 1.40 bits per heavy atom. The van der Waals surface area contributed by atoms with Crippen molar-refractivity contribution in [2.24, 2.45) is 0 Å². The first-order valence-electron chi connectivity index (χ1n) is 17.5. The molecule has 0 aliphatic rings. The van der Waals surface area contributed by atoms with E-state index in [4.69, 9.17) is 14.2 Å². The van der Waals surface area contributed by atoms with Crippen molar-refractivity contribution in [1.29, 1.82) is 0 Å². The van der Waals surface area contributed by atoms with Gasteiger partial charge < -0.3 is 34.6 Å². The molecular weight excluding hydrogens is 664 g/mol. The lowest BCUT2D eigenvalue weighted by Crippen LogP contribution is -2.56. The zero-order valence-corrected chi connectivity index (χ0v) is 31.7. The maximum Gasteiger partial charge on any atom is 0.408 e. The average molecular weight is 719 g/mol. The van der Waals surface area contributed by atoms with Crippen molar-refractivity contribution in [2.45, 2.75) is 84.0 Å². The summed E-state index contributed by atoms with van der Waals surface area (Å²) < 4.78 is 16.1. The average Bonchev–Trinajstić information content (AvgIpc) is 3.07. The van der Waals surface area contributed by atoms with Gasteiger partial charge in [0.2, 0.25) is 17.7 Å². The van der Waals surface area contributed by atoms with Gasteiger partial charge >= 0.3 is 12.1 Å². The van der Waals surface area contributed by atoms with Gasteiger partial charge in [0.15, 0.2) is 0 Å². The van der Waals surface area contributed by atoms with Gasteiger partial charge in [-0.15, -0.1) is 0 Å². The quantitative estimate of drug-likeness (QED) is 0.152. The molecule has 0 aromatic heterocycles. The lowest BCUT2D eigenvalue weighted by atomic mass is 9.98. The summed E-state index contributed by atoms with van der Waals surface area (Å²) >= 11 is 0. The van der Waals surface area contributed by atoms with Crippen LogP contribution >= 0.6 is 0 Å². The van der Waals surface area contributed by atoms with E-state index in [0.29, 0.717) is 6.42 Å². The highest BCUT2D eigenvalue weighted by molar-refractivity contribution is 5.93. The van der Waals surface area contributed by atoms with Gasteiger partial charge in [0.25, 0.3) is 0 Å². The van der Waals surface area contributed by atoms with E-state index in [2.05, 4.69) is 10.6 Å². The summed E-state index contributed by atoms with van der Waals surface area (Å²) in [6, 6.07) is 21.3. The van der Waals surface area contributed by atoms with Crippen LogP contribution in [0.3, 0.4) is 0 Å². The topological polar surface area (TPSA) is 144 Å². The maximum atomic E-state index is 14.5. The van der Waals surface area contributed by atoms with Gasteiger partial charge in [-0.3, -0.25) is 19.2 Å². The monoisotopic (exact) mass is 718 g/mol. The summed E-state index contributed by atoms with van der Waals surface area (Å²) in [5.41, 5.74) is 0.167. The Balaban J connectivity index is 1.83. The molecule has 12 nitrogen and oxygen atoms in total. The van der Waals surface area contributed by atoms with Crippen LogP contribution in [0.4, 0.5) is 4.79 Å². The third-order valence-corrected chi connectivity index (χ3v) is 8.23. The Kier molecular flexibility index (Phi) is 15.2. The Labute approximate surface area is 307 Å². The molecule has 0 heterocycles. The van der Waals surface area contributed by atoms with Gasteiger partial charge in [0.05, 0.1) is 18.8 Å². The molecule has 3 aromatic rings. The van der Waals surface area contributed by atoms with E-state index >= 15 is 0 Å². The molecule has 4 amide bonds. The smallest absolute Gasteiger partial charge is 0.408 e. The number of carbonyl (C=O) groups is 5. The minimum atomic E-state index is -0.981. The van der Waals surface area contributed by atoms with Crippen molar-refractivity contribution < 1.29 is 38.2 Å². The number of benzene rings is 3. The van der Waals surface area contributed by atoms with Crippen molar-refractivity contribution in [2.75, 3.05) is 40.5 Å². The molecule has 0 bridgehead atoms. The fourth-order valence-electron chi connectivity index (χ4n) is 5.51. The van der Waals surface area contributed by atoms with E-state index < -0.39 is 47.1 Å². The molecule has 0 radical (unpaired) electrons. The molecule has 3 aromatic carbocycles. The largest absolute Gasteiger partial charge is 0.466 e. The summed E-state index contributed by atoms with van der Waals surface area (Å²) in [6.07, 6.45) is 0.228. The Bertz CT molecular complexity index is 1670. The van der Waals surface area contributed by atoms with Gasteiger partial charge in [-0.2, -0.15) is 0 Å². The highest BCUT2D eigenvalue weighted by Crippen LogP contribution is 2.20. The van der Waals surface area contributed by atoms with Crippen LogP contribution in [0, 0.1) is 0 Å². The van der Waals surface area contributed by atoms with Crippen molar-refractivity contribution >= 4 is 40.6 Å². The predicted molar refractivity (Wildman–Crippen MR) is 199 cm³/mol. The van der Waals surface area contributed by atoms with E-state index in [1.54, 1.807) is 48.7 Å². The van der Waals surface area contributed by atoms with E-state index in [-0.39, 0.29) is 45.1 Å². The van der Waals surface area contributed by atoms with Gasteiger partial charge in [-0.25, -0.2) is 4.79 Å². The number of amides is 4. The van der Waals surface area contributed by atoms with E-state index in [1.165, 1.54) is 16.7 Å². The third kappa shape index (κ3) is 13.6.